The molecule has 1 saturated carbocycles. The Hall–Kier alpha value is -0.860. The number of hydrogen-bond donors (Lipinski definition) is 0. The highest BCUT2D eigenvalue weighted by molar-refractivity contribution is 5.21. The van der Waals surface area contributed by atoms with Gasteiger partial charge in [-0.05, 0) is 67.3 Å². The predicted octanol–water partition coefficient (Wildman–Crippen LogP) is 5.24. The summed E-state index contributed by atoms with van der Waals surface area (Å²) in [6.07, 6.45) is 9.85. The number of ether oxygens (including phenoxy) is 1. The second kappa shape index (κ2) is 7.04. The molecule has 25 heavy (non-hydrogen) atoms. The van der Waals surface area contributed by atoms with Crippen LogP contribution in [0.15, 0.2) is 30.3 Å². The summed E-state index contributed by atoms with van der Waals surface area (Å²) < 4.78 is 5.84. The zero-order valence-corrected chi connectivity index (χ0v) is 16.2. The molecule has 1 aromatic carbocycles. The first-order valence-electron chi connectivity index (χ1n) is 10.5. The standard InChI is InChI=1S/C23H35NO/c1-22(2)17-24(15-12-21-9-6-16-25-21)18-23(22)13-10-20(11-14-23)19-7-4-3-5-8-19/h3-5,7-8,20-21H,6,9-18H2,1-2H3. The van der Waals surface area contributed by atoms with Crippen LogP contribution in [0.25, 0.3) is 0 Å². The van der Waals surface area contributed by atoms with Crippen molar-refractivity contribution in [2.24, 2.45) is 10.8 Å². The fraction of sp³-hybridized carbons (Fsp3) is 0.739. The molecule has 3 fully saturated rings. The summed E-state index contributed by atoms with van der Waals surface area (Å²) in [6.45, 7) is 9.87. The van der Waals surface area contributed by atoms with Gasteiger partial charge in [0.05, 0.1) is 6.10 Å². The van der Waals surface area contributed by atoms with Gasteiger partial charge in [0.1, 0.15) is 0 Å². The maximum absolute atomic E-state index is 5.84. The molecule has 138 valence electrons. The van der Waals surface area contributed by atoms with Gasteiger partial charge in [0, 0.05) is 26.2 Å². The van der Waals surface area contributed by atoms with Gasteiger partial charge < -0.3 is 9.64 Å². The van der Waals surface area contributed by atoms with Crippen molar-refractivity contribution in [2.75, 3.05) is 26.2 Å². The fourth-order valence-electron chi connectivity index (χ4n) is 5.85. The lowest BCUT2D eigenvalue weighted by Gasteiger charge is -2.46. The maximum Gasteiger partial charge on any atom is 0.0588 e. The summed E-state index contributed by atoms with van der Waals surface area (Å²) in [7, 11) is 0. The summed E-state index contributed by atoms with van der Waals surface area (Å²) >= 11 is 0. The van der Waals surface area contributed by atoms with Crippen molar-refractivity contribution < 1.29 is 4.74 Å². The number of rotatable bonds is 4. The van der Waals surface area contributed by atoms with Gasteiger partial charge in [-0.2, -0.15) is 0 Å². The Morgan fingerprint density at radius 1 is 1.04 bits per heavy atom. The topological polar surface area (TPSA) is 12.5 Å². The molecule has 1 unspecified atom stereocenters. The fourth-order valence-corrected chi connectivity index (χ4v) is 5.85. The molecule has 2 aliphatic heterocycles. The van der Waals surface area contributed by atoms with Crippen molar-refractivity contribution in [2.45, 2.75) is 70.8 Å². The van der Waals surface area contributed by atoms with E-state index >= 15 is 0 Å². The highest BCUT2D eigenvalue weighted by Crippen LogP contribution is 2.56. The molecule has 1 aliphatic carbocycles. The van der Waals surface area contributed by atoms with E-state index in [4.69, 9.17) is 4.74 Å². The van der Waals surface area contributed by atoms with Crippen molar-refractivity contribution in [3.8, 4) is 0 Å². The minimum Gasteiger partial charge on any atom is -0.378 e. The molecule has 2 saturated heterocycles. The Kier molecular flexibility index (Phi) is 4.94. The summed E-state index contributed by atoms with van der Waals surface area (Å²) in [4.78, 5) is 2.75. The van der Waals surface area contributed by atoms with E-state index in [1.54, 1.807) is 5.56 Å². The molecule has 0 radical (unpaired) electrons. The first-order chi connectivity index (χ1) is 12.1. The van der Waals surface area contributed by atoms with Gasteiger partial charge in [-0.3, -0.25) is 0 Å². The molecular formula is C23H35NO. The Morgan fingerprint density at radius 2 is 1.80 bits per heavy atom. The van der Waals surface area contributed by atoms with Crippen LogP contribution in [-0.2, 0) is 4.74 Å². The lowest BCUT2D eigenvalue weighted by Crippen LogP contribution is -2.39. The third-order valence-corrected chi connectivity index (χ3v) is 7.59. The lowest BCUT2D eigenvalue weighted by molar-refractivity contribution is 0.0703. The van der Waals surface area contributed by atoms with E-state index < -0.39 is 0 Å². The van der Waals surface area contributed by atoms with Gasteiger partial charge >= 0.3 is 0 Å². The van der Waals surface area contributed by atoms with Crippen LogP contribution in [0.3, 0.4) is 0 Å². The minimum atomic E-state index is 0.450. The zero-order valence-electron chi connectivity index (χ0n) is 16.2. The quantitative estimate of drug-likeness (QED) is 0.742. The molecule has 1 spiro atoms. The molecule has 2 nitrogen and oxygen atoms in total. The van der Waals surface area contributed by atoms with Crippen LogP contribution >= 0.6 is 0 Å². The molecule has 0 N–H and O–H groups in total. The van der Waals surface area contributed by atoms with E-state index in [1.165, 1.54) is 64.6 Å². The smallest absolute Gasteiger partial charge is 0.0588 e. The van der Waals surface area contributed by atoms with Crippen molar-refractivity contribution in [3.63, 3.8) is 0 Å². The van der Waals surface area contributed by atoms with E-state index in [0.717, 1.165) is 12.5 Å². The van der Waals surface area contributed by atoms with E-state index in [0.29, 0.717) is 16.9 Å². The van der Waals surface area contributed by atoms with Crippen molar-refractivity contribution >= 4 is 0 Å². The largest absolute Gasteiger partial charge is 0.378 e. The normalized spacial score (nSPS) is 35.4. The molecule has 0 amide bonds. The molecule has 1 aromatic rings. The second-order valence-corrected chi connectivity index (χ2v) is 9.48. The minimum absolute atomic E-state index is 0.450. The lowest BCUT2D eigenvalue weighted by atomic mass is 9.58. The van der Waals surface area contributed by atoms with Crippen LogP contribution in [0.1, 0.15) is 70.3 Å². The van der Waals surface area contributed by atoms with E-state index in [9.17, 15) is 0 Å². The summed E-state index contributed by atoms with van der Waals surface area (Å²) in [6, 6.07) is 11.2. The number of nitrogens with zero attached hydrogens (tertiary/aromatic N) is 1. The van der Waals surface area contributed by atoms with Crippen LogP contribution in [0, 0.1) is 10.8 Å². The number of benzene rings is 1. The summed E-state index contributed by atoms with van der Waals surface area (Å²) in [5.41, 5.74) is 2.54. The van der Waals surface area contributed by atoms with E-state index in [-0.39, 0.29) is 0 Å². The van der Waals surface area contributed by atoms with Gasteiger partial charge in [0.25, 0.3) is 0 Å². The number of hydrogen-bond acceptors (Lipinski definition) is 2. The van der Waals surface area contributed by atoms with Crippen LogP contribution in [0.5, 0.6) is 0 Å². The van der Waals surface area contributed by atoms with Crippen molar-refractivity contribution in [1.29, 1.82) is 0 Å². The molecule has 0 bridgehead atoms. The zero-order chi connectivity index (χ0) is 17.3. The van der Waals surface area contributed by atoms with Crippen LogP contribution < -0.4 is 0 Å². The van der Waals surface area contributed by atoms with Crippen molar-refractivity contribution in [1.82, 2.24) is 4.90 Å². The van der Waals surface area contributed by atoms with Crippen molar-refractivity contribution in [3.05, 3.63) is 35.9 Å². The molecule has 1 atom stereocenters. The van der Waals surface area contributed by atoms with E-state index in [2.05, 4.69) is 49.1 Å². The molecule has 4 rings (SSSR count). The first-order valence-corrected chi connectivity index (χ1v) is 10.5. The predicted molar refractivity (Wildman–Crippen MR) is 104 cm³/mol. The third kappa shape index (κ3) is 3.53. The van der Waals surface area contributed by atoms with Gasteiger partial charge in [-0.15, -0.1) is 0 Å². The summed E-state index contributed by atoms with van der Waals surface area (Å²) in [5, 5.41) is 0. The maximum atomic E-state index is 5.84. The molecule has 3 aliphatic rings. The second-order valence-electron chi connectivity index (χ2n) is 9.48. The Morgan fingerprint density at radius 3 is 2.48 bits per heavy atom. The van der Waals surface area contributed by atoms with Crippen LogP contribution in [0.4, 0.5) is 0 Å². The molecule has 2 heteroatoms. The number of likely N-dealkylation sites (tertiary alicyclic amines) is 1. The Labute approximate surface area is 153 Å². The molecule has 2 heterocycles. The first kappa shape index (κ1) is 17.5. The highest BCUT2D eigenvalue weighted by Gasteiger charge is 2.52. The highest BCUT2D eigenvalue weighted by atomic mass is 16.5. The van der Waals surface area contributed by atoms with Gasteiger partial charge in [-0.25, -0.2) is 0 Å². The van der Waals surface area contributed by atoms with Gasteiger partial charge in [0.2, 0.25) is 0 Å². The average molecular weight is 342 g/mol. The Bertz CT molecular complexity index is 553. The molecule has 0 aromatic heterocycles. The van der Waals surface area contributed by atoms with Gasteiger partial charge in [0.15, 0.2) is 0 Å². The SMILES string of the molecule is CC1(C)CN(CCC2CCCO2)CC12CCC(c1ccccc1)CC2. The monoisotopic (exact) mass is 341 g/mol. The van der Waals surface area contributed by atoms with E-state index in [1.807, 2.05) is 0 Å². The Balaban J connectivity index is 1.36. The van der Waals surface area contributed by atoms with Crippen LogP contribution in [0.2, 0.25) is 0 Å². The van der Waals surface area contributed by atoms with Gasteiger partial charge in [-0.1, -0.05) is 44.2 Å². The summed E-state index contributed by atoms with van der Waals surface area (Å²) in [5.74, 6) is 0.781. The third-order valence-electron chi connectivity index (χ3n) is 7.59. The average Bonchev–Trinajstić information content (AvgIpc) is 3.21. The molecular weight excluding hydrogens is 306 g/mol. The van der Waals surface area contributed by atoms with Crippen LogP contribution in [-0.4, -0.2) is 37.2 Å².